The molecule has 0 saturated carbocycles. The number of hydrogen-bond acceptors (Lipinski definition) is 5. The summed E-state index contributed by atoms with van der Waals surface area (Å²) < 4.78 is 5.28. The summed E-state index contributed by atoms with van der Waals surface area (Å²) in [5, 5.41) is 10.8. The van der Waals surface area contributed by atoms with Crippen LogP contribution in [0.1, 0.15) is 11.1 Å². The van der Waals surface area contributed by atoms with Crippen molar-refractivity contribution in [3.05, 3.63) is 71.9 Å². The summed E-state index contributed by atoms with van der Waals surface area (Å²) in [4.78, 5) is 9.02. The minimum Gasteiger partial charge on any atom is -0.497 e. The van der Waals surface area contributed by atoms with Crippen LogP contribution in [0.4, 0.5) is 5.82 Å². The monoisotopic (exact) mass is 342 g/mol. The first-order valence-corrected chi connectivity index (χ1v) is 8.39. The van der Waals surface area contributed by atoms with Crippen LogP contribution in [0.5, 0.6) is 5.75 Å². The van der Waals surface area contributed by atoms with Gasteiger partial charge in [-0.05, 0) is 48.4 Å². The van der Waals surface area contributed by atoms with Crippen molar-refractivity contribution in [3.8, 4) is 5.75 Å². The third-order valence-electron chi connectivity index (χ3n) is 4.28. The van der Waals surface area contributed by atoms with Crippen molar-refractivity contribution in [1.29, 1.82) is 0 Å². The number of para-hydroxylation sites is 1. The standard InChI is InChI=1S/C21H18N4O/c1-14-9-21(24-20-11-17(26-2)7-8-18(14)20)25-23-13-15-10-16-5-3-4-6-19(16)22-12-15/h3-12H,13H2,1-2H3. The molecular formula is C21H18N4O. The van der Waals surface area contributed by atoms with E-state index in [0.717, 1.165) is 38.7 Å². The quantitative estimate of drug-likeness (QED) is 0.468. The predicted molar refractivity (Wildman–Crippen MR) is 103 cm³/mol. The molecule has 2 aromatic heterocycles. The maximum Gasteiger partial charge on any atom is 0.174 e. The average molecular weight is 342 g/mol. The van der Waals surface area contributed by atoms with Crippen LogP contribution in [0, 0.1) is 6.92 Å². The zero-order valence-electron chi connectivity index (χ0n) is 14.7. The lowest BCUT2D eigenvalue weighted by atomic mass is 10.1. The molecule has 0 aliphatic heterocycles. The fraction of sp³-hybridized carbons (Fsp3) is 0.143. The minimum absolute atomic E-state index is 0.467. The molecular weight excluding hydrogens is 324 g/mol. The molecule has 4 aromatic rings. The first-order chi connectivity index (χ1) is 12.7. The second-order valence-electron chi connectivity index (χ2n) is 6.12. The number of methoxy groups -OCH3 is 1. The van der Waals surface area contributed by atoms with Crippen molar-refractivity contribution in [2.75, 3.05) is 7.11 Å². The largest absolute Gasteiger partial charge is 0.497 e. The Bertz CT molecular complexity index is 1120. The van der Waals surface area contributed by atoms with Crippen molar-refractivity contribution in [3.63, 3.8) is 0 Å². The molecule has 2 aromatic carbocycles. The van der Waals surface area contributed by atoms with E-state index in [1.54, 1.807) is 7.11 Å². The number of hydrogen-bond donors (Lipinski definition) is 0. The topological polar surface area (TPSA) is 59.7 Å². The third-order valence-corrected chi connectivity index (χ3v) is 4.28. The van der Waals surface area contributed by atoms with Gasteiger partial charge in [-0.1, -0.05) is 18.2 Å². The van der Waals surface area contributed by atoms with Gasteiger partial charge >= 0.3 is 0 Å². The lowest BCUT2D eigenvalue weighted by molar-refractivity contribution is 0.415. The average Bonchev–Trinajstić information content (AvgIpc) is 2.67. The third kappa shape index (κ3) is 3.24. The second kappa shape index (κ2) is 6.88. The molecule has 4 rings (SSSR count). The first kappa shape index (κ1) is 16.1. The molecule has 128 valence electrons. The van der Waals surface area contributed by atoms with Crippen LogP contribution in [0.2, 0.25) is 0 Å². The Morgan fingerprint density at radius 3 is 2.77 bits per heavy atom. The Balaban J connectivity index is 1.59. The van der Waals surface area contributed by atoms with Gasteiger partial charge in [0.2, 0.25) is 0 Å². The molecule has 0 atom stereocenters. The maximum absolute atomic E-state index is 5.28. The SMILES string of the molecule is COc1ccc2c(C)cc(N=NCc3cnc4ccccc4c3)nc2c1. The van der Waals surface area contributed by atoms with Gasteiger partial charge in [-0.15, -0.1) is 5.11 Å². The van der Waals surface area contributed by atoms with Crippen LogP contribution in [-0.2, 0) is 6.54 Å². The predicted octanol–water partition coefficient (Wildman–Crippen LogP) is 5.38. The molecule has 0 saturated heterocycles. The zero-order valence-corrected chi connectivity index (χ0v) is 14.7. The molecule has 0 amide bonds. The van der Waals surface area contributed by atoms with E-state index in [4.69, 9.17) is 4.74 Å². The van der Waals surface area contributed by atoms with Gasteiger partial charge in [-0.25, -0.2) is 4.98 Å². The first-order valence-electron chi connectivity index (χ1n) is 8.39. The number of benzene rings is 2. The number of nitrogens with zero attached hydrogens (tertiary/aromatic N) is 4. The van der Waals surface area contributed by atoms with Crippen LogP contribution in [-0.4, -0.2) is 17.1 Å². The van der Waals surface area contributed by atoms with E-state index >= 15 is 0 Å². The number of pyridine rings is 2. The molecule has 26 heavy (non-hydrogen) atoms. The number of azo groups is 1. The van der Waals surface area contributed by atoms with Crippen LogP contribution in [0.15, 0.2) is 71.0 Å². The highest BCUT2D eigenvalue weighted by Crippen LogP contribution is 2.25. The molecule has 0 fully saturated rings. The minimum atomic E-state index is 0.467. The Kier molecular flexibility index (Phi) is 4.27. The smallest absolute Gasteiger partial charge is 0.174 e. The van der Waals surface area contributed by atoms with Gasteiger partial charge in [0.25, 0.3) is 0 Å². The fourth-order valence-electron chi connectivity index (χ4n) is 2.94. The summed E-state index contributed by atoms with van der Waals surface area (Å²) in [7, 11) is 1.65. The van der Waals surface area contributed by atoms with Crippen molar-refractivity contribution >= 4 is 27.6 Å². The molecule has 0 radical (unpaired) electrons. The van der Waals surface area contributed by atoms with Crippen molar-refractivity contribution in [1.82, 2.24) is 9.97 Å². The summed E-state index contributed by atoms with van der Waals surface area (Å²) in [5.41, 5.74) is 3.96. The van der Waals surface area contributed by atoms with E-state index < -0.39 is 0 Å². The highest BCUT2D eigenvalue weighted by Gasteiger charge is 2.04. The highest BCUT2D eigenvalue weighted by molar-refractivity contribution is 5.84. The van der Waals surface area contributed by atoms with Crippen molar-refractivity contribution in [2.45, 2.75) is 13.5 Å². The van der Waals surface area contributed by atoms with Crippen LogP contribution in [0.25, 0.3) is 21.8 Å². The van der Waals surface area contributed by atoms with E-state index in [2.05, 4.69) is 26.3 Å². The fourth-order valence-corrected chi connectivity index (χ4v) is 2.94. The Morgan fingerprint density at radius 1 is 1.00 bits per heavy atom. The van der Waals surface area contributed by atoms with Gasteiger partial charge in [0.15, 0.2) is 5.82 Å². The number of ether oxygens (including phenoxy) is 1. The van der Waals surface area contributed by atoms with E-state index in [-0.39, 0.29) is 0 Å². The summed E-state index contributed by atoms with van der Waals surface area (Å²) >= 11 is 0. The molecule has 5 nitrogen and oxygen atoms in total. The van der Waals surface area contributed by atoms with E-state index in [1.165, 1.54) is 0 Å². The van der Waals surface area contributed by atoms with Gasteiger partial charge < -0.3 is 4.74 Å². The van der Waals surface area contributed by atoms with E-state index in [9.17, 15) is 0 Å². The molecule has 0 spiro atoms. The second-order valence-corrected chi connectivity index (χ2v) is 6.12. The zero-order chi connectivity index (χ0) is 17.9. The van der Waals surface area contributed by atoms with E-state index in [0.29, 0.717) is 12.4 Å². The van der Waals surface area contributed by atoms with E-state index in [1.807, 2.05) is 61.7 Å². The normalized spacial score (nSPS) is 11.5. The summed E-state index contributed by atoms with van der Waals surface area (Å²) in [6, 6.07) is 17.9. The van der Waals surface area contributed by atoms with Crippen molar-refractivity contribution < 1.29 is 4.74 Å². The lowest BCUT2D eigenvalue weighted by Crippen LogP contribution is -1.87. The van der Waals surface area contributed by atoms with Crippen LogP contribution >= 0.6 is 0 Å². The van der Waals surface area contributed by atoms with Crippen LogP contribution < -0.4 is 4.74 Å². The van der Waals surface area contributed by atoms with Gasteiger partial charge in [0, 0.05) is 23.0 Å². The molecule has 5 heteroatoms. The van der Waals surface area contributed by atoms with Gasteiger partial charge in [-0.3, -0.25) is 4.98 Å². The molecule has 0 aliphatic rings. The number of rotatable bonds is 4. The number of fused-ring (bicyclic) bond motifs is 2. The van der Waals surface area contributed by atoms with Gasteiger partial charge in [-0.2, -0.15) is 5.11 Å². The summed E-state index contributed by atoms with van der Waals surface area (Å²) in [5.74, 6) is 1.37. The maximum atomic E-state index is 5.28. The number of aryl methyl sites for hydroxylation is 1. The van der Waals surface area contributed by atoms with Gasteiger partial charge in [0.05, 0.1) is 24.7 Å². The van der Waals surface area contributed by atoms with Gasteiger partial charge in [0.1, 0.15) is 5.75 Å². The molecule has 0 bridgehead atoms. The summed E-state index contributed by atoms with van der Waals surface area (Å²) in [6.07, 6.45) is 1.84. The highest BCUT2D eigenvalue weighted by atomic mass is 16.5. The molecule has 0 aliphatic carbocycles. The Hall–Kier alpha value is -3.34. The Labute approximate surface area is 151 Å². The van der Waals surface area contributed by atoms with Crippen LogP contribution in [0.3, 0.4) is 0 Å². The molecule has 0 N–H and O–H groups in total. The molecule has 2 heterocycles. The lowest BCUT2D eigenvalue weighted by Gasteiger charge is -2.05. The van der Waals surface area contributed by atoms with Crippen molar-refractivity contribution in [2.24, 2.45) is 10.2 Å². The Morgan fingerprint density at radius 2 is 1.88 bits per heavy atom. The summed E-state index contributed by atoms with van der Waals surface area (Å²) in [6.45, 7) is 2.51. The number of aromatic nitrogens is 2. The molecule has 0 unspecified atom stereocenters.